The average Bonchev–Trinajstić information content (AvgIpc) is 3.24. The van der Waals surface area contributed by atoms with Gasteiger partial charge in [0.05, 0.1) is 11.4 Å². The van der Waals surface area contributed by atoms with E-state index in [-0.39, 0.29) is 11.7 Å². The third kappa shape index (κ3) is 4.44. The van der Waals surface area contributed by atoms with Gasteiger partial charge in [-0.15, -0.1) is 11.3 Å². The Morgan fingerprint density at radius 2 is 2.04 bits per heavy atom. The normalized spacial score (nSPS) is 13.3. The second kappa shape index (κ2) is 7.92. The van der Waals surface area contributed by atoms with Gasteiger partial charge in [-0.2, -0.15) is 0 Å². The highest BCUT2D eigenvalue weighted by molar-refractivity contribution is 7.85. The zero-order valence-electron chi connectivity index (χ0n) is 14.7. The number of aromatic nitrogens is 2. The van der Waals surface area contributed by atoms with Crippen molar-refractivity contribution in [3.05, 3.63) is 52.7 Å². The fourth-order valence-corrected chi connectivity index (χ4v) is 4.16. The van der Waals surface area contributed by atoms with Crippen LogP contribution >= 0.6 is 11.3 Å². The van der Waals surface area contributed by atoms with Crippen LogP contribution in [-0.4, -0.2) is 25.5 Å². The van der Waals surface area contributed by atoms with E-state index in [0.717, 1.165) is 16.3 Å². The lowest BCUT2D eigenvalue weighted by molar-refractivity contribution is -0.115. The van der Waals surface area contributed by atoms with Crippen molar-refractivity contribution in [1.82, 2.24) is 10.1 Å². The summed E-state index contributed by atoms with van der Waals surface area (Å²) in [5, 5.41) is 8.40. The number of nitrogens with one attached hydrogen (secondary N) is 1. The highest BCUT2D eigenvalue weighted by Crippen LogP contribution is 2.25. The Kier molecular flexibility index (Phi) is 5.63. The molecule has 2 atom stereocenters. The molecule has 0 fully saturated rings. The molecule has 8 heteroatoms. The van der Waals surface area contributed by atoms with E-state index in [1.54, 1.807) is 19.9 Å². The number of benzene rings is 1. The molecule has 0 saturated heterocycles. The largest absolute Gasteiger partial charge is 0.360 e. The van der Waals surface area contributed by atoms with Crippen LogP contribution in [-0.2, 0) is 21.3 Å². The molecular weight excluding hydrogens is 370 g/mol. The summed E-state index contributed by atoms with van der Waals surface area (Å²) in [6, 6.07) is 9.72. The SMILES string of the molecule is Cc1ccc(-c2nc(C[S@](=O)[C@@H](C)C(=O)Nc3cc(C)on3)cs2)cc1. The highest BCUT2D eigenvalue weighted by Gasteiger charge is 2.22. The van der Waals surface area contributed by atoms with E-state index in [1.807, 2.05) is 36.6 Å². The quantitative estimate of drug-likeness (QED) is 0.695. The highest BCUT2D eigenvalue weighted by atomic mass is 32.2. The number of thiazole rings is 1. The van der Waals surface area contributed by atoms with Gasteiger partial charge in [0.25, 0.3) is 0 Å². The van der Waals surface area contributed by atoms with E-state index < -0.39 is 16.0 Å². The van der Waals surface area contributed by atoms with Crippen molar-refractivity contribution < 1.29 is 13.5 Å². The maximum atomic E-state index is 12.5. The first-order chi connectivity index (χ1) is 12.4. The third-order valence-electron chi connectivity index (χ3n) is 3.78. The van der Waals surface area contributed by atoms with E-state index in [0.29, 0.717) is 11.6 Å². The van der Waals surface area contributed by atoms with Crippen LogP contribution in [0.3, 0.4) is 0 Å². The van der Waals surface area contributed by atoms with E-state index in [1.165, 1.54) is 16.9 Å². The van der Waals surface area contributed by atoms with Gasteiger partial charge >= 0.3 is 0 Å². The standard InChI is InChI=1S/C18H19N3O3S2/c1-11-4-6-14(7-5-11)18-19-15(9-25-18)10-26(23)13(3)17(22)20-16-8-12(2)24-21-16/h4-9,13H,10H2,1-3H3,(H,20,21,22)/t13-,26-/m0/s1. The molecule has 0 unspecified atom stereocenters. The van der Waals surface area contributed by atoms with Gasteiger partial charge in [0.15, 0.2) is 5.82 Å². The Hall–Kier alpha value is -2.32. The van der Waals surface area contributed by atoms with Gasteiger partial charge in [-0.1, -0.05) is 35.0 Å². The summed E-state index contributed by atoms with van der Waals surface area (Å²) in [6.45, 7) is 5.40. The molecule has 3 rings (SSSR count). The molecule has 0 radical (unpaired) electrons. The van der Waals surface area contributed by atoms with Gasteiger partial charge in [0.2, 0.25) is 5.91 Å². The van der Waals surface area contributed by atoms with Crippen LogP contribution in [0.4, 0.5) is 5.82 Å². The zero-order chi connectivity index (χ0) is 18.7. The Bertz CT molecular complexity index is 931. The Labute approximate surface area is 158 Å². The van der Waals surface area contributed by atoms with Crippen molar-refractivity contribution in [3.8, 4) is 10.6 Å². The average molecular weight is 390 g/mol. The first kappa shape index (κ1) is 18.5. The number of aryl methyl sites for hydroxylation is 2. The van der Waals surface area contributed by atoms with E-state index in [9.17, 15) is 9.00 Å². The first-order valence-electron chi connectivity index (χ1n) is 8.05. The predicted octanol–water partition coefficient (Wildman–Crippen LogP) is 3.69. The number of amides is 1. The molecule has 3 aromatic rings. The van der Waals surface area contributed by atoms with Crippen LogP contribution in [0.1, 0.15) is 23.9 Å². The van der Waals surface area contributed by atoms with Gasteiger partial charge in [-0.05, 0) is 20.8 Å². The number of carbonyl (C=O) groups excluding carboxylic acids is 1. The molecule has 0 aliphatic rings. The predicted molar refractivity (Wildman–Crippen MR) is 103 cm³/mol. The molecule has 26 heavy (non-hydrogen) atoms. The van der Waals surface area contributed by atoms with E-state index in [2.05, 4.69) is 15.5 Å². The maximum Gasteiger partial charge on any atom is 0.241 e. The molecular formula is C18H19N3O3S2. The molecule has 0 aliphatic carbocycles. The van der Waals surface area contributed by atoms with Gasteiger partial charge in [0.1, 0.15) is 16.0 Å². The summed E-state index contributed by atoms with van der Waals surface area (Å²) >= 11 is 1.51. The number of carbonyl (C=O) groups is 1. The van der Waals surface area contributed by atoms with Crippen molar-refractivity contribution in [3.63, 3.8) is 0 Å². The van der Waals surface area contributed by atoms with Crippen LogP contribution in [0.2, 0.25) is 0 Å². The summed E-state index contributed by atoms with van der Waals surface area (Å²) < 4.78 is 17.4. The number of anilines is 1. The molecule has 1 aromatic carbocycles. The van der Waals surface area contributed by atoms with Crippen LogP contribution in [0.5, 0.6) is 0 Å². The smallest absolute Gasteiger partial charge is 0.241 e. The molecule has 2 aromatic heterocycles. The Balaban J connectivity index is 1.62. The number of rotatable bonds is 6. The minimum absolute atomic E-state index is 0.231. The second-order valence-electron chi connectivity index (χ2n) is 5.99. The number of hydrogen-bond donors (Lipinski definition) is 1. The molecule has 2 heterocycles. The lowest BCUT2D eigenvalue weighted by Crippen LogP contribution is -2.29. The van der Waals surface area contributed by atoms with Gasteiger partial charge < -0.3 is 9.84 Å². The Morgan fingerprint density at radius 3 is 2.69 bits per heavy atom. The first-order valence-corrected chi connectivity index (χ1v) is 10.3. The molecule has 6 nitrogen and oxygen atoms in total. The monoisotopic (exact) mass is 389 g/mol. The molecule has 0 bridgehead atoms. The lowest BCUT2D eigenvalue weighted by Gasteiger charge is -2.09. The summed E-state index contributed by atoms with van der Waals surface area (Å²) in [5.41, 5.74) is 2.94. The zero-order valence-corrected chi connectivity index (χ0v) is 16.3. The maximum absolute atomic E-state index is 12.5. The van der Waals surface area contributed by atoms with Crippen LogP contribution in [0.15, 0.2) is 40.2 Å². The van der Waals surface area contributed by atoms with Gasteiger partial charge in [-0.3, -0.25) is 9.00 Å². The van der Waals surface area contributed by atoms with Gasteiger partial charge in [0, 0.05) is 27.8 Å². The lowest BCUT2D eigenvalue weighted by atomic mass is 10.2. The molecule has 136 valence electrons. The molecule has 1 N–H and O–H groups in total. The summed E-state index contributed by atoms with van der Waals surface area (Å²) in [4.78, 5) is 16.8. The van der Waals surface area contributed by atoms with Crippen LogP contribution in [0.25, 0.3) is 10.6 Å². The summed E-state index contributed by atoms with van der Waals surface area (Å²) in [7, 11) is -1.39. The summed E-state index contributed by atoms with van der Waals surface area (Å²) in [5.74, 6) is 0.798. The van der Waals surface area contributed by atoms with E-state index in [4.69, 9.17) is 4.52 Å². The Morgan fingerprint density at radius 1 is 1.31 bits per heavy atom. The molecule has 1 amide bonds. The van der Waals surface area contributed by atoms with Crippen molar-refractivity contribution in [1.29, 1.82) is 0 Å². The minimum atomic E-state index is -1.39. The van der Waals surface area contributed by atoms with Gasteiger partial charge in [-0.25, -0.2) is 4.98 Å². The van der Waals surface area contributed by atoms with Crippen LogP contribution in [0, 0.1) is 13.8 Å². The van der Waals surface area contributed by atoms with Crippen LogP contribution < -0.4 is 5.32 Å². The minimum Gasteiger partial charge on any atom is -0.360 e. The summed E-state index contributed by atoms with van der Waals surface area (Å²) in [6.07, 6.45) is 0. The van der Waals surface area contributed by atoms with Crippen molar-refractivity contribution in [2.45, 2.75) is 31.8 Å². The molecule has 0 aliphatic heterocycles. The topological polar surface area (TPSA) is 85.1 Å². The number of nitrogens with zero attached hydrogens (tertiary/aromatic N) is 2. The fourth-order valence-electron chi connectivity index (χ4n) is 2.25. The van der Waals surface area contributed by atoms with Crippen molar-refractivity contribution in [2.75, 3.05) is 5.32 Å². The number of hydrogen-bond acceptors (Lipinski definition) is 6. The third-order valence-corrected chi connectivity index (χ3v) is 6.31. The fraction of sp³-hybridized carbons (Fsp3) is 0.278. The molecule has 0 saturated carbocycles. The van der Waals surface area contributed by atoms with Crippen molar-refractivity contribution in [2.24, 2.45) is 0 Å². The van der Waals surface area contributed by atoms with Crippen molar-refractivity contribution >= 4 is 33.9 Å². The molecule has 0 spiro atoms. The van der Waals surface area contributed by atoms with E-state index >= 15 is 0 Å². The second-order valence-corrected chi connectivity index (χ2v) is 8.60.